The summed E-state index contributed by atoms with van der Waals surface area (Å²) in [5.41, 5.74) is 7.20. The van der Waals surface area contributed by atoms with Crippen LogP contribution in [0, 0.1) is 5.92 Å². The Morgan fingerprint density at radius 1 is 1.33 bits per heavy atom. The van der Waals surface area contributed by atoms with Gasteiger partial charge in [0, 0.05) is 18.9 Å². The van der Waals surface area contributed by atoms with Gasteiger partial charge in [-0.25, -0.2) is 9.86 Å². The first-order chi connectivity index (χ1) is 12.4. The average molecular weight is 399 g/mol. The predicted molar refractivity (Wildman–Crippen MR) is 106 cm³/mol. The van der Waals surface area contributed by atoms with E-state index in [4.69, 9.17) is 15.3 Å². The van der Waals surface area contributed by atoms with Crippen molar-refractivity contribution >= 4 is 24.3 Å². The van der Waals surface area contributed by atoms with Gasteiger partial charge in [0.25, 0.3) is 0 Å². The van der Waals surface area contributed by atoms with Crippen LogP contribution in [0.25, 0.3) is 0 Å². The van der Waals surface area contributed by atoms with Crippen LogP contribution in [0.4, 0.5) is 0 Å². The molecule has 6 nitrogen and oxygen atoms in total. The molecule has 1 saturated heterocycles. The van der Waals surface area contributed by atoms with Gasteiger partial charge >= 0.3 is 5.97 Å². The molecule has 4 atom stereocenters. The number of rotatable bonds is 9. The highest BCUT2D eigenvalue weighted by molar-refractivity contribution is 5.85. The Hall–Kier alpha value is -1.63. The molecule has 1 heterocycles. The number of nitrogens with two attached hydrogens (primary N) is 1. The number of amides is 1. The fourth-order valence-electron chi connectivity index (χ4n) is 2.92. The summed E-state index contributed by atoms with van der Waals surface area (Å²) >= 11 is 0. The highest BCUT2D eigenvalue weighted by Crippen LogP contribution is 2.23. The molecule has 7 heteroatoms. The van der Waals surface area contributed by atoms with Crippen molar-refractivity contribution in [3.8, 4) is 0 Å². The number of halogens is 1. The van der Waals surface area contributed by atoms with E-state index in [1.807, 2.05) is 44.2 Å². The molecule has 0 aliphatic carbocycles. The molecule has 1 aliphatic heterocycles. The molecule has 2 unspecified atom stereocenters. The van der Waals surface area contributed by atoms with Gasteiger partial charge in [0.2, 0.25) is 5.91 Å². The van der Waals surface area contributed by atoms with Gasteiger partial charge in [-0.3, -0.25) is 9.63 Å². The van der Waals surface area contributed by atoms with E-state index < -0.39 is 12.0 Å². The molecule has 0 radical (unpaired) electrons. The molecule has 2 rings (SSSR count). The molecule has 27 heavy (non-hydrogen) atoms. The summed E-state index contributed by atoms with van der Waals surface area (Å²) in [5, 5.41) is 1.21. The molecular weight excluding hydrogens is 368 g/mol. The fraction of sp³-hybridized carbons (Fsp3) is 0.600. The number of cyclic esters (lactones) is 1. The minimum absolute atomic E-state index is 0. The van der Waals surface area contributed by atoms with Gasteiger partial charge in [-0.1, -0.05) is 57.5 Å². The summed E-state index contributed by atoms with van der Waals surface area (Å²) in [5.74, 6) is -0.342. The molecule has 152 valence electrons. The quantitative estimate of drug-likeness (QED) is 0.510. The molecule has 0 aromatic heterocycles. The lowest BCUT2D eigenvalue weighted by molar-refractivity contribution is -0.205. The second-order valence-corrected chi connectivity index (χ2v) is 7.05. The molecule has 1 fully saturated rings. The Morgan fingerprint density at radius 2 is 2.00 bits per heavy atom. The Kier molecular flexibility index (Phi) is 9.77. The minimum Gasteiger partial charge on any atom is -0.464 e. The van der Waals surface area contributed by atoms with Crippen molar-refractivity contribution in [3.63, 3.8) is 0 Å². The van der Waals surface area contributed by atoms with Crippen molar-refractivity contribution in [2.45, 2.75) is 58.0 Å². The number of ether oxygens (including phenoxy) is 1. The summed E-state index contributed by atoms with van der Waals surface area (Å²) in [6, 6.07) is 8.94. The zero-order valence-electron chi connectivity index (χ0n) is 16.3. The topological polar surface area (TPSA) is 81.9 Å². The van der Waals surface area contributed by atoms with Crippen LogP contribution in [-0.2, 0) is 19.2 Å². The van der Waals surface area contributed by atoms with E-state index in [0.717, 1.165) is 12.0 Å². The average Bonchev–Trinajstić information content (AvgIpc) is 3.07. The van der Waals surface area contributed by atoms with Crippen molar-refractivity contribution < 1.29 is 19.2 Å². The van der Waals surface area contributed by atoms with E-state index in [2.05, 4.69) is 6.92 Å². The maximum atomic E-state index is 12.9. The molecule has 1 aromatic carbocycles. The first-order valence-electron chi connectivity index (χ1n) is 9.36. The van der Waals surface area contributed by atoms with Gasteiger partial charge in [-0.15, -0.1) is 12.4 Å². The monoisotopic (exact) mass is 398 g/mol. The van der Waals surface area contributed by atoms with E-state index in [1.54, 1.807) is 0 Å². The maximum absolute atomic E-state index is 12.9. The number of hydroxylamine groups is 2. The van der Waals surface area contributed by atoms with Gasteiger partial charge in [-0.2, -0.15) is 0 Å². The molecule has 0 bridgehead atoms. The van der Waals surface area contributed by atoms with Crippen LogP contribution < -0.4 is 5.73 Å². The highest BCUT2D eigenvalue weighted by atomic mass is 35.5. The van der Waals surface area contributed by atoms with Gasteiger partial charge < -0.3 is 10.5 Å². The lowest BCUT2D eigenvalue weighted by atomic mass is 9.97. The molecule has 2 N–H and O–H groups in total. The molecule has 1 amide bonds. The number of esters is 1. The van der Waals surface area contributed by atoms with Crippen LogP contribution in [0.2, 0.25) is 0 Å². The highest BCUT2D eigenvalue weighted by Gasteiger charge is 2.37. The number of benzene rings is 1. The van der Waals surface area contributed by atoms with Crippen LogP contribution in [-0.4, -0.2) is 42.2 Å². The number of carbonyl (C=O) groups is 2. The van der Waals surface area contributed by atoms with Crippen LogP contribution in [0.1, 0.15) is 51.5 Å². The van der Waals surface area contributed by atoms with Crippen molar-refractivity contribution in [2.24, 2.45) is 11.7 Å². The van der Waals surface area contributed by atoms with E-state index in [9.17, 15) is 9.59 Å². The van der Waals surface area contributed by atoms with Crippen molar-refractivity contribution in [2.75, 3.05) is 13.2 Å². The molecule has 1 aliphatic rings. The second kappa shape index (κ2) is 11.3. The Balaban J connectivity index is 0.00000364. The molecule has 0 spiro atoms. The number of hydrogen-bond acceptors (Lipinski definition) is 5. The van der Waals surface area contributed by atoms with Crippen molar-refractivity contribution in [1.29, 1.82) is 0 Å². The standard InChI is InChI=1S/C20H30N2O4.ClH/c1-4-14(2)17(21)13-26-22(18-10-11-25-20(18)24)19(23)12-15(3)16-8-6-5-7-9-16;/h5-9,14-15,17-18H,4,10-13,21H2,1-3H3;1H/t14?,15-,17?,18-;/m0./s1. The van der Waals surface area contributed by atoms with Gasteiger partial charge in [0.1, 0.15) is 0 Å². The molecular formula is C20H31ClN2O4. The van der Waals surface area contributed by atoms with Gasteiger partial charge in [0.15, 0.2) is 6.04 Å². The van der Waals surface area contributed by atoms with Gasteiger partial charge in [-0.05, 0) is 17.4 Å². The van der Waals surface area contributed by atoms with Crippen LogP contribution in [0.3, 0.4) is 0 Å². The molecule has 1 aromatic rings. The molecule has 0 saturated carbocycles. The zero-order chi connectivity index (χ0) is 19.1. The third-order valence-corrected chi connectivity index (χ3v) is 5.07. The summed E-state index contributed by atoms with van der Waals surface area (Å²) < 4.78 is 5.02. The van der Waals surface area contributed by atoms with E-state index in [1.165, 1.54) is 5.06 Å². The first kappa shape index (κ1) is 23.4. The van der Waals surface area contributed by atoms with E-state index in [0.29, 0.717) is 13.0 Å². The Labute approximate surface area is 167 Å². The lowest BCUT2D eigenvalue weighted by Gasteiger charge is -2.29. The van der Waals surface area contributed by atoms with Crippen molar-refractivity contribution in [1.82, 2.24) is 5.06 Å². The number of carbonyl (C=O) groups excluding carboxylic acids is 2. The first-order valence-corrected chi connectivity index (χ1v) is 9.36. The summed E-state index contributed by atoms with van der Waals surface area (Å²) in [6.07, 6.45) is 1.63. The lowest BCUT2D eigenvalue weighted by Crippen LogP contribution is -2.46. The predicted octanol–water partition coefficient (Wildman–Crippen LogP) is 3.05. The summed E-state index contributed by atoms with van der Waals surface area (Å²) in [6.45, 7) is 6.60. The van der Waals surface area contributed by atoms with Crippen molar-refractivity contribution in [3.05, 3.63) is 35.9 Å². The summed E-state index contributed by atoms with van der Waals surface area (Å²) in [7, 11) is 0. The summed E-state index contributed by atoms with van der Waals surface area (Å²) in [4.78, 5) is 30.6. The van der Waals surface area contributed by atoms with Crippen LogP contribution in [0.15, 0.2) is 30.3 Å². The fourth-order valence-corrected chi connectivity index (χ4v) is 2.92. The second-order valence-electron chi connectivity index (χ2n) is 7.05. The van der Waals surface area contributed by atoms with E-state index in [-0.39, 0.29) is 49.2 Å². The maximum Gasteiger partial charge on any atom is 0.331 e. The van der Waals surface area contributed by atoms with Crippen LogP contribution in [0.5, 0.6) is 0 Å². The Morgan fingerprint density at radius 3 is 2.56 bits per heavy atom. The smallest absolute Gasteiger partial charge is 0.331 e. The largest absolute Gasteiger partial charge is 0.464 e. The minimum atomic E-state index is -0.686. The Bertz CT molecular complexity index is 599. The zero-order valence-corrected chi connectivity index (χ0v) is 17.1. The third-order valence-electron chi connectivity index (χ3n) is 5.07. The third kappa shape index (κ3) is 6.48. The van der Waals surface area contributed by atoms with E-state index >= 15 is 0 Å². The number of hydrogen-bond donors (Lipinski definition) is 1. The van der Waals surface area contributed by atoms with Crippen LogP contribution >= 0.6 is 12.4 Å². The normalized spacial score (nSPS) is 19.6. The number of nitrogens with zero attached hydrogens (tertiary/aromatic N) is 1. The van der Waals surface area contributed by atoms with Gasteiger partial charge in [0.05, 0.1) is 13.2 Å². The SMILES string of the molecule is CCC(C)C(N)CON(C(=O)C[C@H](C)c1ccccc1)[C@H]1CCOC1=O.Cl.